The first-order valence-corrected chi connectivity index (χ1v) is 24.1. The molecule has 4 aliphatic rings. The average molecular weight is 855 g/mol. The lowest BCUT2D eigenvalue weighted by Crippen LogP contribution is -2.43. The van der Waals surface area contributed by atoms with Crippen LogP contribution in [-0.2, 0) is 22.7 Å². The van der Waals surface area contributed by atoms with Gasteiger partial charge in [0.05, 0.1) is 26.0 Å². The molecular weight excluding hydrogens is 781 g/mol. The zero-order valence-corrected chi connectivity index (χ0v) is 38.7. The number of piperidine rings is 2. The van der Waals surface area contributed by atoms with Gasteiger partial charge in [0.1, 0.15) is 18.1 Å². The number of nitrogens with zero attached hydrogens (tertiary/aromatic N) is 3. The second-order valence-electron chi connectivity index (χ2n) is 18.5. The van der Waals surface area contributed by atoms with Crippen molar-refractivity contribution in [1.29, 1.82) is 0 Å². The van der Waals surface area contributed by atoms with Crippen LogP contribution in [-0.4, -0.2) is 74.1 Å². The zero-order chi connectivity index (χ0) is 43.8. The van der Waals surface area contributed by atoms with Crippen molar-refractivity contribution in [3.8, 4) is 11.5 Å². The highest BCUT2D eigenvalue weighted by Crippen LogP contribution is 2.33. The molecule has 8 heteroatoms. The van der Waals surface area contributed by atoms with Crippen LogP contribution in [0.2, 0.25) is 0 Å². The number of fused-ring (bicyclic) bond motifs is 2. The standard InChI is InChI=1S/C29H34N2O2.C22H29NO.C4H11NO/c1-32-28-16-15-23-18-25(14-13-24(23)19-28)29(30-33-21-22-8-3-2-4-9-22)26-10-7-17-31(20-26)27-11-5-6-12-27;1-24-22-11-10-19-14-17(8-9-20(19)15-22)13-18-5-4-12-23(16-18)21-6-2-3-7-21;1-3-4(2)6-5/h2-4,8-9,13-16,18-19,26-27H,5-7,10-12,17,20-21H2,1H3;8-11,14-15,18,21H,2-7,12-13,16H2,1H3;4H,3,5H2,1-2H3/b30-29-;;. The summed E-state index contributed by atoms with van der Waals surface area (Å²) < 4.78 is 10.7. The minimum atomic E-state index is 0.213. The number of ether oxygens (including phenoxy) is 2. The summed E-state index contributed by atoms with van der Waals surface area (Å²) in [6.45, 7) is 9.39. The minimum Gasteiger partial charge on any atom is -0.497 e. The molecule has 3 unspecified atom stereocenters. The van der Waals surface area contributed by atoms with Crippen molar-refractivity contribution in [3.63, 3.8) is 0 Å². The van der Waals surface area contributed by atoms with Crippen LogP contribution in [0.1, 0.15) is 114 Å². The molecule has 9 rings (SSSR count). The van der Waals surface area contributed by atoms with E-state index in [0.717, 1.165) is 60.2 Å². The molecule has 4 fully saturated rings. The summed E-state index contributed by atoms with van der Waals surface area (Å²) in [4.78, 5) is 15.9. The maximum atomic E-state index is 5.95. The first-order chi connectivity index (χ1) is 30.9. The van der Waals surface area contributed by atoms with Gasteiger partial charge in [-0.15, -0.1) is 0 Å². The topological polar surface area (TPSA) is 81.8 Å². The predicted molar refractivity (Wildman–Crippen MR) is 261 cm³/mol. The van der Waals surface area contributed by atoms with E-state index in [1.165, 1.54) is 129 Å². The number of rotatable bonds is 13. The van der Waals surface area contributed by atoms with E-state index in [4.69, 9.17) is 25.4 Å². The lowest BCUT2D eigenvalue weighted by molar-refractivity contribution is 0.0642. The fourth-order valence-corrected chi connectivity index (χ4v) is 10.3. The third kappa shape index (κ3) is 13.3. The predicted octanol–water partition coefficient (Wildman–Crippen LogP) is 12.1. The minimum absolute atomic E-state index is 0.213. The lowest BCUT2D eigenvalue weighted by atomic mass is 9.87. The van der Waals surface area contributed by atoms with E-state index >= 15 is 0 Å². The maximum Gasteiger partial charge on any atom is 0.142 e. The van der Waals surface area contributed by atoms with Gasteiger partial charge in [0, 0.05) is 36.7 Å². The summed E-state index contributed by atoms with van der Waals surface area (Å²) in [6.07, 6.45) is 18.8. The summed E-state index contributed by atoms with van der Waals surface area (Å²) in [7, 11) is 3.44. The second kappa shape index (κ2) is 24.0. The molecule has 5 aromatic rings. The fourth-order valence-electron chi connectivity index (χ4n) is 10.3. The van der Waals surface area contributed by atoms with Crippen LogP contribution in [0.4, 0.5) is 0 Å². The molecular formula is C55H74N4O4. The normalized spacial score (nSPS) is 20.7. The van der Waals surface area contributed by atoms with Crippen molar-refractivity contribution in [3.05, 3.63) is 120 Å². The molecule has 63 heavy (non-hydrogen) atoms. The molecule has 2 aliphatic heterocycles. The Hall–Kier alpha value is -4.47. The van der Waals surface area contributed by atoms with Crippen molar-refractivity contribution in [2.24, 2.45) is 22.9 Å². The molecule has 0 radical (unpaired) electrons. The Labute approximate surface area is 378 Å². The van der Waals surface area contributed by atoms with Crippen molar-refractivity contribution < 1.29 is 19.1 Å². The Bertz CT molecular complexity index is 2160. The van der Waals surface area contributed by atoms with Crippen molar-refractivity contribution in [2.75, 3.05) is 40.4 Å². The smallest absolute Gasteiger partial charge is 0.142 e. The first-order valence-electron chi connectivity index (χ1n) is 24.1. The van der Waals surface area contributed by atoms with Crippen molar-refractivity contribution in [1.82, 2.24) is 9.80 Å². The second-order valence-corrected chi connectivity index (χ2v) is 18.5. The molecule has 2 N–H and O–H groups in total. The van der Waals surface area contributed by atoms with Gasteiger partial charge in [0.2, 0.25) is 0 Å². The fraction of sp³-hybridized carbons (Fsp3) is 0.509. The highest BCUT2D eigenvalue weighted by Gasteiger charge is 2.31. The number of nitrogens with two attached hydrogens (primary N) is 1. The van der Waals surface area contributed by atoms with E-state index < -0.39 is 0 Å². The molecule has 2 aliphatic carbocycles. The quantitative estimate of drug-likeness (QED) is 0.0933. The largest absolute Gasteiger partial charge is 0.497 e. The van der Waals surface area contributed by atoms with Crippen LogP contribution in [0.25, 0.3) is 21.5 Å². The van der Waals surface area contributed by atoms with Crippen LogP contribution in [0.5, 0.6) is 11.5 Å². The monoisotopic (exact) mass is 855 g/mol. The molecule has 2 saturated carbocycles. The molecule has 3 atom stereocenters. The number of hydrogen-bond donors (Lipinski definition) is 1. The van der Waals surface area contributed by atoms with Gasteiger partial charge < -0.3 is 24.0 Å². The molecule has 8 nitrogen and oxygen atoms in total. The zero-order valence-electron chi connectivity index (χ0n) is 38.7. The van der Waals surface area contributed by atoms with Gasteiger partial charge in [-0.3, -0.25) is 4.90 Å². The Kier molecular flexibility index (Phi) is 17.7. The third-order valence-corrected chi connectivity index (χ3v) is 14.1. The number of benzene rings is 5. The first kappa shape index (κ1) is 46.5. The van der Waals surface area contributed by atoms with Crippen LogP contribution in [0.3, 0.4) is 0 Å². The van der Waals surface area contributed by atoms with E-state index in [1.807, 2.05) is 38.1 Å². The Balaban J connectivity index is 0.000000174. The highest BCUT2D eigenvalue weighted by atomic mass is 16.6. The summed E-state index contributed by atoms with van der Waals surface area (Å²) >= 11 is 0. The van der Waals surface area contributed by atoms with Gasteiger partial charge in [-0.05, 0) is 153 Å². The van der Waals surface area contributed by atoms with E-state index in [9.17, 15) is 0 Å². The molecule has 2 heterocycles. The van der Waals surface area contributed by atoms with Gasteiger partial charge in [-0.25, -0.2) is 5.90 Å². The summed E-state index contributed by atoms with van der Waals surface area (Å²) in [5.74, 6) is 7.83. The summed E-state index contributed by atoms with van der Waals surface area (Å²) in [5, 5.41) is 9.76. The molecule has 0 aromatic heterocycles. The Morgan fingerprint density at radius 3 is 1.81 bits per heavy atom. The number of methoxy groups -OCH3 is 2. The Morgan fingerprint density at radius 1 is 0.635 bits per heavy atom. The molecule has 0 bridgehead atoms. The van der Waals surface area contributed by atoms with Crippen LogP contribution in [0.15, 0.2) is 108 Å². The number of hydrogen-bond acceptors (Lipinski definition) is 8. The third-order valence-electron chi connectivity index (χ3n) is 14.1. The SMILES string of the molecule is CCC(C)ON.COc1ccc2cc(/C(=N/OCc3ccccc3)C3CCCN(C4CCCC4)C3)ccc2c1.COc1ccc2cc(CC3CCCN(C4CCCC4)C3)ccc2c1. The van der Waals surface area contributed by atoms with Crippen LogP contribution >= 0.6 is 0 Å². The van der Waals surface area contributed by atoms with Gasteiger partial charge in [-0.2, -0.15) is 0 Å². The highest BCUT2D eigenvalue weighted by molar-refractivity contribution is 6.05. The molecule has 5 aromatic carbocycles. The van der Waals surface area contributed by atoms with Gasteiger partial charge >= 0.3 is 0 Å². The average Bonchev–Trinajstić information content (AvgIpc) is 4.10. The number of oxime groups is 1. The maximum absolute atomic E-state index is 5.95. The van der Waals surface area contributed by atoms with Gasteiger partial charge in [0.15, 0.2) is 0 Å². The van der Waals surface area contributed by atoms with E-state index in [1.54, 1.807) is 14.2 Å². The molecule has 2 saturated heterocycles. The van der Waals surface area contributed by atoms with Crippen molar-refractivity contribution >= 4 is 27.3 Å². The molecule has 338 valence electrons. The van der Waals surface area contributed by atoms with Crippen LogP contribution < -0.4 is 15.4 Å². The van der Waals surface area contributed by atoms with Gasteiger partial charge in [0.25, 0.3) is 0 Å². The Morgan fingerprint density at radius 2 is 1.21 bits per heavy atom. The van der Waals surface area contributed by atoms with E-state index in [-0.39, 0.29) is 6.10 Å². The van der Waals surface area contributed by atoms with Crippen molar-refractivity contribution in [2.45, 2.75) is 129 Å². The number of likely N-dealkylation sites (tertiary alicyclic amines) is 2. The summed E-state index contributed by atoms with van der Waals surface area (Å²) in [5.41, 5.74) is 4.89. The van der Waals surface area contributed by atoms with Gasteiger partial charge in [-0.1, -0.05) is 111 Å². The molecule has 0 spiro atoms. The summed E-state index contributed by atoms with van der Waals surface area (Å²) in [6, 6.07) is 38.1. The van der Waals surface area contributed by atoms with Crippen LogP contribution in [0, 0.1) is 11.8 Å². The molecule has 0 amide bonds. The van der Waals surface area contributed by atoms with E-state index in [0.29, 0.717) is 12.5 Å². The lowest BCUT2D eigenvalue weighted by Gasteiger charge is -2.37. The van der Waals surface area contributed by atoms with E-state index in [2.05, 4.69) is 93.5 Å².